The molecule has 4 heterocycles. The van der Waals surface area contributed by atoms with Gasteiger partial charge in [0.15, 0.2) is 0 Å². The van der Waals surface area contributed by atoms with Gasteiger partial charge in [-0.05, 0) is 49.2 Å². The van der Waals surface area contributed by atoms with E-state index in [-0.39, 0.29) is 11.9 Å². The summed E-state index contributed by atoms with van der Waals surface area (Å²) in [5, 5.41) is 15.4. The molecule has 1 amide bonds. The summed E-state index contributed by atoms with van der Waals surface area (Å²) >= 11 is 1.30. The highest BCUT2D eigenvalue weighted by Crippen LogP contribution is 2.25. The lowest BCUT2D eigenvalue weighted by atomic mass is 10.1. The van der Waals surface area contributed by atoms with Gasteiger partial charge in [-0.1, -0.05) is 17.4 Å². The van der Waals surface area contributed by atoms with Crippen molar-refractivity contribution in [3.63, 3.8) is 0 Å². The van der Waals surface area contributed by atoms with Crippen molar-refractivity contribution in [3.05, 3.63) is 78.5 Å². The number of aromatic nitrogens is 5. The number of nitrogens with zero attached hydrogens (tertiary/aromatic N) is 5. The van der Waals surface area contributed by atoms with E-state index in [1.165, 1.54) is 11.3 Å². The first-order valence-electron chi connectivity index (χ1n) is 9.34. The van der Waals surface area contributed by atoms with Crippen molar-refractivity contribution in [1.82, 2.24) is 25.1 Å². The van der Waals surface area contributed by atoms with Crippen LogP contribution in [0.1, 0.15) is 22.8 Å². The van der Waals surface area contributed by atoms with Crippen molar-refractivity contribution in [1.29, 1.82) is 0 Å². The lowest BCUT2D eigenvalue weighted by Crippen LogP contribution is -2.19. The third-order valence-corrected chi connectivity index (χ3v) is 5.15. The van der Waals surface area contributed by atoms with Gasteiger partial charge in [-0.3, -0.25) is 20.1 Å². The van der Waals surface area contributed by atoms with Crippen LogP contribution < -0.4 is 10.6 Å². The Kier molecular flexibility index (Phi) is 6.00. The van der Waals surface area contributed by atoms with Crippen LogP contribution in [0.25, 0.3) is 10.6 Å². The Morgan fingerprint density at radius 1 is 1.03 bits per heavy atom. The standard InChI is InChI=1S/C21H19N7OS/c1-14(11-15-3-2-8-23-12-15)25-18-5-4-17(13-24-18)19(29)26-21-28-27-20(30-21)16-6-9-22-10-7-16/h2-10,12-14H,11H2,1H3,(H,24,25)(H,26,28,29). The SMILES string of the molecule is CC(Cc1cccnc1)Nc1ccc(C(=O)Nc2nnc(-c3ccncc3)s2)cn1. The van der Waals surface area contributed by atoms with Gasteiger partial charge in [-0.25, -0.2) is 4.98 Å². The van der Waals surface area contributed by atoms with Gasteiger partial charge < -0.3 is 5.32 Å². The van der Waals surface area contributed by atoms with Gasteiger partial charge in [0.1, 0.15) is 10.8 Å². The van der Waals surface area contributed by atoms with Crippen LogP contribution in [0, 0.1) is 0 Å². The van der Waals surface area contributed by atoms with E-state index in [0.717, 1.165) is 17.5 Å². The van der Waals surface area contributed by atoms with Crippen molar-refractivity contribution in [2.24, 2.45) is 0 Å². The fraction of sp³-hybridized carbons (Fsp3) is 0.143. The number of hydrogen-bond donors (Lipinski definition) is 2. The summed E-state index contributed by atoms with van der Waals surface area (Å²) in [6.07, 6.45) is 9.36. The molecule has 30 heavy (non-hydrogen) atoms. The van der Waals surface area contributed by atoms with E-state index in [4.69, 9.17) is 0 Å². The predicted molar refractivity (Wildman–Crippen MR) is 116 cm³/mol. The molecule has 8 nitrogen and oxygen atoms in total. The minimum atomic E-state index is -0.283. The molecule has 4 rings (SSSR count). The minimum Gasteiger partial charge on any atom is -0.367 e. The number of pyridine rings is 3. The van der Waals surface area contributed by atoms with Crippen LogP contribution in [-0.4, -0.2) is 37.1 Å². The van der Waals surface area contributed by atoms with Gasteiger partial charge in [0.2, 0.25) is 5.13 Å². The molecule has 0 bridgehead atoms. The molecular formula is C21H19N7OS. The molecule has 0 aliphatic heterocycles. The Balaban J connectivity index is 1.34. The van der Waals surface area contributed by atoms with Gasteiger partial charge in [0, 0.05) is 42.6 Å². The van der Waals surface area contributed by atoms with Gasteiger partial charge in [-0.15, -0.1) is 10.2 Å². The third kappa shape index (κ3) is 5.00. The smallest absolute Gasteiger partial charge is 0.259 e. The fourth-order valence-corrected chi connectivity index (χ4v) is 3.59. The van der Waals surface area contributed by atoms with E-state index in [2.05, 4.69) is 42.7 Å². The summed E-state index contributed by atoms with van der Waals surface area (Å²) < 4.78 is 0. The summed E-state index contributed by atoms with van der Waals surface area (Å²) in [7, 11) is 0. The summed E-state index contributed by atoms with van der Waals surface area (Å²) in [5.41, 5.74) is 2.50. The summed E-state index contributed by atoms with van der Waals surface area (Å²) in [5.74, 6) is 0.425. The van der Waals surface area contributed by atoms with Crippen molar-refractivity contribution >= 4 is 28.2 Å². The van der Waals surface area contributed by atoms with E-state index in [0.29, 0.717) is 21.5 Å². The van der Waals surface area contributed by atoms with Crippen molar-refractivity contribution in [2.75, 3.05) is 10.6 Å². The first kappa shape index (κ1) is 19.6. The van der Waals surface area contributed by atoms with Gasteiger partial charge in [-0.2, -0.15) is 0 Å². The Morgan fingerprint density at radius 2 is 1.90 bits per heavy atom. The molecule has 4 aromatic heterocycles. The van der Waals surface area contributed by atoms with E-state index in [1.807, 2.05) is 30.5 Å². The Labute approximate surface area is 177 Å². The molecule has 1 unspecified atom stereocenters. The van der Waals surface area contributed by atoms with Crippen LogP contribution in [0.3, 0.4) is 0 Å². The van der Waals surface area contributed by atoms with Crippen LogP contribution in [0.5, 0.6) is 0 Å². The topological polar surface area (TPSA) is 106 Å². The van der Waals surface area contributed by atoms with Crippen LogP contribution in [0.2, 0.25) is 0 Å². The highest BCUT2D eigenvalue weighted by Gasteiger charge is 2.12. The zero-order valence-corrected chi connectivity index (χ0v) is 17.0. The average molecular weight is 417 g/mol. The van der Waals surface area contributed by atoms with Crippen LogP contribution in [0.15, 0.2) is 67.4 Å². The van der Waals surface area contributed by atoms with Crippen LogP contribution >= 0.6 is 11.3 Å². The predicted octanol–water partition coefficient (Wildman–Crippen LogP) is 3.69. The summed E-state index contributed by atoms with van der Waals surface area (Å²) in [4.78, 5) is 24.9. The van der Waals surface area contributed by atoms with Crippen molar-refractivity contribution < 1.29 is 4.79 Å². The molecule has 4 aromatic rings. The normalized spacial score (nSPS) is 11.6. The Morgan fingerprint density at radius 3 is 2.63 bits per heavy atom. The maximum absolute atomic E-state index is 12.5. The van der Waals surface area contributed by atoms with Crippen molar-refractivity contribution in [2.45, 2.75) is 19.4 Å². The highest BCUT2D eigenvalue weighted by atomic mass is 32.1. The monoisotopic (exact) mass is 417 g/mol. The quantitative estimate of drug-likeness (QED) is 0.472. The molecule has 0 spiro atoms. The van der Waals surface area contributed by atoms with E-state index in [9.17, 15) is 4.79 Å². The molecular weight excluding hydrogens is 398 g/mol. The number of nitrogens with one attached hydrogen (secondary N) is 2. The number of amides is 1. The second-order valence-corrected chi connectivity index (χ2v) is 7.62. The second-order valence-electron chi connectivity index (χ2n) is 6.65. The highest BCUT2D eigenvalue weighted by molar-refractivity contribution is 7.18. The third-order valence-electron chi connectivity index (χ3n) is 4.26. The molecule has 0 aromatic carbocycles. The van der Waals surface area contributed by atoms with Gasteiger partial charge in [0.05, 0.1) is 5.56 Å². The van der Waals surface area contributed by atoms with Crippen LogP contribution in [0.4, 0.5) is 10.9 Å². The minimum absolute atomic E-state index is 0.175. The van der Waals surface area contributed by atoms with E-state index < -0.39 is 0 Å². The molecule has 0 aliphatic rings. The molecule has 0 radical (unpaired) electrons. The molecule has 0 saturated carbocycles. The number of carbonyl (C=O) groups is 1. The largest absolute Gasteiger partial charge is 0.367 e. The molecule has 0 saturated heterocycles. The maximum Gasteiger partial charge on any atom is 0.259 e. The van der Waals surface area contributed by atoms with Crippen LogP contribution in [-0.2, 0) is 6.42 Å². The van der Waals surface area contributed by atoms with Crippen molar-refractivity contribution in [3.8, 4) is 10.6 Å². The summed E-state index contributed by atoms with van der Waals surface area (Å²) in [6, 6.07) is 11.3. The zero-order valence-electron chi connectivity index (χ0n) is 16.2. The average Bonchev–Trinajstić information content (AvgIpc) is 3.24. The molecule has 150 valence electrons. The second kappa shape index (κ2) is 9.19. The van der Waals surface area contributed by atoms with E-state index >= 15 is 0 Å². The summed E-state index contributed by atoms with van der Waals surface area (Å²) in [6.45, 7) is 2.07. The molecule has 0 aliphatic carbocycles. The number of carbonyl (C=O) groups excluding carboxylic acids is 1. The zero-order chi connectivity index (χ0) is 20.8. The molecule has 1 atom stereocenters. The number of hydrogen-bond acceptors (Lipinski definition) is 8. The lowest BCUT2D eigenvalue weighted by molar-refractivity contribution is 0.102. The lowest BCUT2D eigenvalue weighted by Gasteiger charge is -2.14. The maximum atomic E-state index is 12.5. The van der Waals surface area contributed by atoms with Gasteiger partial charge >= 0.3 is 0 Å². The number of rotatable bonds is 7. The Hall–Kier alpha value is -3.72. The molecule has 2 N–H and O–H groups in total. The first-order chi connectivity index (χ1) is 14.7. The van der Waals surface area contributed by atoms with Gasteiger partial charge in [0.25, 0.3) is 5.91 Å². The van der Waals surface area contributed by atoms with E-state index in [1.54, 1.807) is 36.9 Å². The Bertz CT molecular complexity index is 1100. The first-order valence-corrected chi connectivity index (χ1v) is 10.2. The fourth-order valence-electron chi connectivity index (χ4n) is 2.84. The molecule has 0 fully saturated rings. The molecule has 9 heteroatoms. The number of anilines is 2.